The van der Waals surface area contributed by atoms with Crippen molar-refractivity contribution in [1.82, 2.24) is 4.57 Å². The summed E-state index contributed by atoms with van der Waals surface area (Å²) in [5, 5.41) is 9.01. The zero-order valence-electron chi connectivity index (χ0n) is 12.7. The summed E-state index contributed by atoms with van der Waals surface area (Å²) < 4.78 is 5.92. The SMILES string of the molecule is COC(=O)Cn1c(-c2ccc(C)cc2C)ccc(C#N)c1=O. The molecule has 0 radical (unpaired) electrons. The fraction of sp³-hybridized carbons (Fsp3) is 0.235. The van der Waals surface area contributed by atoms with Crippen LogP contribution < -0.4 is 5.56 Å². The molecule has 0 unspecified atom stereocenters. The molecule has 5 nitrogen and oxygen atoms in total. The van der Waals surface area contributed by atoms with Crippen molar-refractivity contribution >= 4 is 5.97 Å². The van der Waals surface area contributed by atoms with E-state index in [0.29, 0.717) is 5.69 Å². The first kappa shape index (κ1) is 15.5. The average molecular weight is 296 g/mol. The van der Waals surface area contributed by atoms with Crippen molar-refractivity contribution in [2.45, 2.75) is 20.4 Å². The van der Waals surface area contributed by atoms with Gasteiger partial charge in [-0.15, -0.1) is 0 Å². The molecule has 2 aromatic rings. The van der Waals surface area contributed by atoms with Gasteiger partial charge in [-0.3, -0.25) is 14.2 Å². The van der Waals surface area contributed by atoms with Crippen LogP contribution in [0.1, 0.15) is 16.7 Å². The molecule has 1 heterocycles. The third kappa shape index (κ3) is 2.91. The van der Waals surface area contributed by atoms with Gasteiger partial charge in [0.15, 0.2) is 0 Å². The van der Waals surface area contributed by atoms with E-state index in [0.717, 1.165) is 16.7 Å². The maximum absolute atomic E-state index is 12.4. The van der Waals surface area contributed by atoms with Gasteiger partial charge in [0.2, 0.25) is 0 Å². The van der Waals surface area contributed by atoms with Crippen LogP contribution in [0.5, 0.6) is 0 Å². The van der Waals surface area contributed by atoms with E-state index in [1.165, 1.54) is 17.7 Å². The van der Waals surface area contributed by atoms with E-state index in [1.807, 2.05) is 38.1 Å². The quantitative estimate of drug-likeness (QED) is 0.814. The molecule has 0 amide bonds. The molecular formula is C17H16N2O3. The Labute approximate surface area is 128 Å². The summed E-state index contributed by atoms with van der Waals surface area (Å²) >= 11 is 0. The van der Waals surface area contributed by atoms with Gasteiger partial charge in [-0.2, -0.15) is 5.26 Å². The van der Waals surface area contributed by atoms with E-state index in [2.05, 4.69) is 4.74 Å². The molecule has 0 aliphatic carbocycles. The van der Waals surface area contributed by atoms with E-state index in [4.69, 9.17) is 5.26 Å². The number of methoxy groups -OCH3 is 1. The molecule has 5 heteroatoms. The van der Waals surface area contributed by atoms with Crippen LogP contribution in [0.2, 0.25) is 0 Å². The van der Waals surface area contributed by atoms with E-state index < -0.39 is 11.5 Å². The number of esters is 1. The Morgan fingerprint density at radius 2 is 2.00 bits per heavy atom. The smallest absolute Gasteiger partial charge is 0.325 e. The van der Waals surface area contributed by atoms with Gasteiger partial charge in [0, 0.05) is 5.56 Å². The number of hydrogen-bond acceptors (Lipinski definition) is 4. The minimum Gasteiger partial charge on any atom is -0.468 e. The van der Waals surface area contributed by atoms with Gasteiger partial charge in [-0.1, -0.05) is 23.8 Å². The maximum atomic E-state index is 12.4. The molecule has 112 valence electrons. The number of benzene rings is 1. The Morgan fingerprint density at radius 1 is 1.27 bits per heavy atom. The van der Waals surface area contributed by atoms with Crippen molar-refractivity contribution in [2.24, 2.45) is 0 Å². The largest absolute Gasteiger partial charge is 0.468 e. The summed E-state index contributed by atoms with van der Waals surface area (Å²) in [6.45, 7) is 3.69. The molecule has 0 aliphatic heterocycles. The Morgan fingerprint density at radius 3 is 2.59 bits per heavy atom. The van der Waals surface area contributed by atoms with Gasteiger partial charge in [0.05, 0.1) is 12.8 Å². The molecular weight excluding hydrogens is 280 g/mol. The third-order valence-corrected chi connectivity index (χ3v) is 3.47. The van der Waals surface area contributed by atoms with Gasteiger partial charge in [-0.25, -0.2) is 0 Å². The lowest BCUT2D eigenvalue weighted by Crippen LogP contribution is -2.28. The molecule has 0 spiro atoms. The summed E-state index contributed by atoms with van der Waals surface area (Å²) in [5.74, 6) is -0.539. The molecule has 0 bridgehead atoms. The number of ether oxygens (including phenoxy) is 1. The van der Waals surface area contributed by atoms with Crippen molar-refractivity contribution in [1.29, 1.82) is 5.26 Å². The van der Waals surface area contributed by atoms with E-state index >= 15 is 0 Å². The van der Waals surface area contributed by atoms with E-state index in [1.54, 1.807) is 6.07 Å². The molecule has 0 fully saturated rings. The van der Waals surface area contributed by atoms with Crippen LogP contribution in [0.25, 0.3) is 11.3 Å². The molecule has 0 N–H and O–H groups in total. The average Bonchev–Trinajstić information content (AvgIpc) is 2.49. The van der Waals surface area contributed by atoms with Crippen LogP contribution in [0, 0.1) is 25.2 Å². The van der Waals surface area contributed by atoms with Crippen molar-refractivity contribution in [3.63, 3.8) is 0 Å². The van der Waals surface area contributed by atoms with Gasteiger partial charge in [0.1, 0.15) is 18.2 Å². The van der Waals surface area contributed by atoms with Crippen LogP contribution in [0.3, 0.4) is 0 Å². The lowest BCUT2D eigenvalue weighted by atomic mass is 10.0. The monoisotopic (exact) mass is 296 g/mol. The highest BCUT2D eigenvalue weighted by Gasteiger charge is 2.15. The minimum absolute atomic E-state index is 0.00239. The molecule has 1 aromatic heterocycles. The molecule has 22 heavy (non-hydrogen) atoms. The van der Waals surface area contributed by atoms with E-state index in [9.17, 15) is 9.59 Å². The van der Waals surface area contributed by atoms with Crippen molar-refractivity contribution in [2.75, 3.05) is 7.11 Å². The van der Waals surface area contributed by atoms with Gasteiger partial charge in [0.25, 0.3) is 5.56 Å². The molecule has 0 saturated heterocycles. The number of aryl methyl sites for hydroxylation is 2. The summed E-state index contributed by atoms with van der Waals surface area (Å²) in [6.07, 6.45) is 0. The van der Waals surface area contributed by atoms with Gasteiger partial charge in [-0.05, 0) is 31.5 Å². The fourth-order valence-corrected chi connectivity index (χ4v) is 2.35. The normalized spacial score (nSPS) is 10.1. The fourth-order valence-electron chi connectivity index (χ4n) is 2.35. The van der Waals surface area contributed by atoms with Crippen LogP contribution in [0.15, 0.2) is 35.1 Å². The third-order valence-electron chi connectivity index (χ3n) is 3.47. The van der Waals surface area contributed by atoms with Crippen molar-refractivity contribution < 1.29 is 9.53 Å². The Kier molecular flexibility index (Phi) is 4.42. The van der Waals surface area contributed by atoms with Crippen LogP contribution in [-0.4, -0.2) is 17.6 Å². The summed E-state index contributed by atoms with van der Waals surface area (Å²) in [4.78, 5) is 23.9. The number of carbonyl (C=O) groups is 1. The minimum atomic E-state index is -0.539. The molecule has 0 saturated carbocycles. The molecule has 2 rings (SSSR count). The second kappa shape index (κ2) is 6.27. The highest BCUT2D eigenvalue weighted by atomic mass is 16.5. The first-order chi connectivity index (χ1) is 10.5. The van der Waals surface area contributed by atoms with Crippen LogP contribution in [0.4, 0.5) is 0 Å². The zero-order chi connectivity index (χ0) is 16.3. The summed E-state index contributed by atoms with van der Waals surface area (Å²) in [6, 6.07) is 10.8. The number of rotatable bonds is 3. The zero-order valence-corrected chi connectivity index (χ0v) is 12.7. The van der Waals surface area contributed by atoms with Gasteiger partial charge >= 0.3 is 5.97 Å². The second-order valence-electron chi connectivity index (χ2n) is 5.03. The highest BCUT2D eigenvalue weighted by Crippen LogP contribution is 2.23. The van der Waals surface area contributed by atoms with Crippen molar-refractivity contribution in [3.05, 3.63) is 57.4 Å². The summed E-state index contributed by atoms with van der Waals surface area (Å²) in [5.41, 5.74) is 3.03. The van der Waals surface area contributed by atoms with E-state index in [-0.39, 0.29) is 12.1 Å². The predicted molar refractivity (Wildman–Crippen MR) is 82.3 cm³/mol. The molecule has 1 aromatic carbocycles. The van der Waals surface area contributed by atoms with Gasteiger partial charge < -0.3 is 4.74 Å². The highest BCUT2D eigenvalue weighted by molar-refractivity contribution is 5.72. The predicted octanol–water partition coefficient (Wildman–Crippen LogP) is 2.18. The first-order valence-electron chi connectivity index (χ1n) is 6.76. The lowest BCUT2D eigenvalue weighted by molar-refractivity contribution is -0.141. The Hall–Kier alpha value is -2.87. The Balaban J connectivity index is 2.70. The van der Waals surface area contributed by atoms with Crippen LogP contribution in [-0.2, 0) is 16.1 Å². The number of nitriles is 1. The number of hydrogen-bond donors (Lipinski definition) is 0. The maximum Gasteiger partial charge on any atom is 0.325 e. The molecule has 0 atom stereocenters. The number of carbonyl (C=O) groups excluding carboxylic acids is 1. The summed E-state index contributed by atoms with van der Waals surface area (Å²) in [7, 11) is 1.26. The topological polar surface area (TPSA) is 72.1 Å². The number of pyridine rings is 1. The lowest BCUT2D eigenvalue weighted by Gasteiger charge is -2.14. The standard InChI is InChI=1S/C17H16N2O3/c1-11-4-6-14(12(2)8-11)15-7-5-13(9-18)17(21)19(15)10-16(20)22-3/h4-8H,10H2,1-3H3. The Bertz CT molecular complexity index is 829. The second-order valence-corrected chi connectivity index (χ2v) is 5.03. The number of aromatic nitrogens is 1. The molecule has 0 aliphatic rings. The number of nitrogens with zero attached hydrogens (tertiary/aromatic N) is 2. The first-order valence-corrected chi connectivity index (χ1v) is 6.76. The van der Waals surface area contributed by atoms with Crippen LogP contribution >= 0.6 is 0 Å². The van der Waals surface area contributed by atoms with Crippen molar-refractivity contribution in [3.8, 4) is 17.3 Å².